The topological polar surface area (TPSA) is 9.72 Å². The van der Waals surface area contributed by atoms with E-state index in [1.54, 1.807) is 0 Å². The lowest BCUT2D eigenvalue weighted by Crippen LogP contribution is -2.12. The third-order valence-electron chi connectivity index (χ3n) is 11.0. The minimum absolute atomic E-state index is 1.10. The molecule has 0 aliphatic heterocycles. The second-order valence-corrected chi connectivity index (χ2v) is 16.7. The molecule has 280 valence electrons. The molecule has 0 saturated heterocycles. The Balaban J connectivity index is 1.22. The zero-order chi connectivity index (χ0) is 39.1. The average Bonchev–Trinajstić information content (AvgIpc) is 3.89. The fraction of sp³-hybridized carbons (Fsp3) is 0. The Morgan fingerprint density at radius 3 is 1.24 bits per heavy atom. The molecule has 0 atom stereocenters. The molecule has 0 unspecified atom stereocenters. The van der Waals surface area contributed by atoms with E-state index in [0.717, 1.165) is 45.5 Å². The van der Waals surface area contributed by atoms with Gasteiger partial charge in [-0.25, -0.2) is 0 Å². The predicted octanol–water partition coefficient (Wildman–Crippen LogP) is 16.8. The van der Waals surface area contributed by atoms with Gasteiger partial charge < -0.3 is 14.7 Å². The van der Waals surface area contributed by atoms with Gasteiger partial charge in [0.15, 0.2) is 0 Å². The van der Waals surface area contributed by atoms with Crippen molar-refractivity contribution in [2.75, 3.05) is 14.7 Å². The number of para-hydroxylation sites is 5. The highest BCUT2D eigenvalue weighted by Crippen LogP contribution is 2.52. The lowest BCUT2D eigenvalue weighted by atomic mass is 10.0. The van der Waals surface area contributed by atoms with E-state index in [0.29, 0.717) is 0 Å². The van der Waals surface area contributed by atoms with Crippen LogP contribution in [0.25, 0.3) is 40.3 Å². The van der Waals surface area contributed by atoms with E-state index in [4.69, 9.17) is 0 Å². The Morgan fingerprint density at radius 1 is 0.254 bits per heavy atom. The van der Waals surface area contributed by atoms with Crippen LogP contribution >= 0.6 is 22.7 Å². The highest BCUT2D eigenvalue weighted by Gasteiger charge is 2.25. The van der Waals surface area contributed by atoms with E-state index in [-0.39, 0.29) is 0 Å². The Hall–Kier alpha value is -7.18. The summed E-state index contributed by atoms with van der Waals surface area (Å²) in [5, 5.41) is 4.97. The highest BCUT2D eigenvalue weighted by atomic mass is 32.1. The summed E-state index contributed by atoms with van der Waals surface area (Å²) in [5.74, 6) is 0. The summed E-state index contributed by atoms with van der Waals surface area (Å²) in [7, 11) is 0. The third kappa shape index (κ3) is 6.20. The smallest absolute Gasteiger partial charge is 0.0641 e. The molecule has 11 aromatic rings. The van der Waals surface area contributed by atoms with Crippen LogP contribution in [0, 0.1) is 0 Å². The van der Waals surface area contributed by atoms with Gasteiger partial charge in [0.2, 0.25) is 0 Å². The quantitative estimate of drug-likeness (QED) is 0.144. The molecule has 2 heterocycles. The second kappa shape index (κ2) is 15.0. The van der Waals surface area contributed by atoms with Gasteiger partial charge in [-0.1, -0.05) is 115 Å². The number of hydrogen-bond donors (Lipinski definition) is 0. The van der Waals surface area contributed by atoms with Crippen molar-refractivity contribution in [2.45, 2.75) is 0 Å². The molecule has 0 aliphatic rings. The van der Waals surface area contributed by atoms with Crippen molar-refractivity contribution in [1.82, 2.24) is 0 Å². The van der Waals surface area contributed by atoms with Gasteiger partial charge in [-0.15, -0.1) is 22.7 Å². The molecule has 0 N–H and O–H groups in total. The first kappa shape index (κ1) is 35.0. The molecule has 0 spiro atoms. The zero-order valence-electron chi connectivity index (χ0n) is 32.0. The lowest BCUT2D eigenvalue weighted by Gasteiger charge is -2.30. The molecule has 0 bridgehead atoms. The zero-order valence-corrected chi connectivity index (χ0v) is 33.7. The number of anilines is 9. The van der Waals surface area contributed by atoms with Crippen molar-refractivity contribution in [2.24, 2.45) is 0 Å². The van der Waals surface area contributed by atoms with Gasteiger partial charge in [0.05, 0.1) is 21.8 Å². The maximum Gasteiger partial charge on any atom is 0.0641 e. The SMILES string of the molecule is c1ccc(N(c2ccccc2)c2ccc(N(c3ccccc3)c3ccccc3)c3c2sc2ccc(N(c4ccccc4)c4cccc5sc6ccccc6c45)cc23)cc1. The van der Waals surface area contributed by atoms with Gasteiger partial charge in [0.25, 0.3) is 0 Å². The van der Waals surface area contributed by atoms with Crippen LogP contribution in [-0.2, 0) is 0 Å². The molecule has 2 aromatic heterocycles. The van der Waals surface area contributed by atoms with Crippen LogP contribution in [-0.4, -0.2) is 0 Å². The summed E-state index contributed by atoms with van der Waals surface area (Å²) < 4.78 is 5.02. The summed E-state index contributed by atoms with van der Waals surface area (Å²) in [6.07, 6.45) is 0. The van der Waals surface area contributed by atoms with E-state index in [9.17, 15) is 0 Å². The molecule has 0 saturated carbocycles. The minimum atomic E-state index is 1.10. The molecule has 9 aromatic carbocycles. The van der Waals surface area contributed by atoms with Gasteiger partial charge >= 0.3 is 0 Å². The second-order valence-electron chi connectivity index (χ2n) is 14.5. The van der Waals surface area contributed by atoms with Gasteiger partial charge in [-0.2, -0.15) is 0 Å². The van der Waals surface area contributed by atoms with Crippen LogP contribution in [0.2, 0.25) is 0 Å². The van der Waals surface area contributed by atoms with E-state index < -0.39 is 0 Å². The van der Waals surface area contributed by atoms with Crippen molar-refractivity contribution in [1.29, 1.82) is 0 Å². The Bertz CT molecular complexity index is 3140. The molecular weight excluding hydrogens is 755 g/mol. The molecular formula is C54H37N3S2. The van der Waals surface area contributed by atoms with Gasteiger partial charge in [0, 0.05) is 69.8 Å². The molecule has 5 heteroatoms. The van der Waals surface area contributed by atoms with Crippen LogP contribution in [0.5, 0.6) is 0 Å². The first-order chi connectivity index (χ1) is 29.3. The monoisotopic (exact) mass is 791 g/mol. The Kier molecular flexibility index (Phi) is 8.88. The maximum atomic E-state index is 2.44. The van der Waals surface area contributed by atoms with Crippen molar-refractivity contribution in [3.8, 4) is 0 Å². The number of thiophene rings is 2. The lowest BCUT2D eigenvalue weighted by molar-refractivity contribution is 1.28. The largest absolute Gasteiger partial charge is 0.310 e. The standard InChI is InChI=1S/C54H37N3S2/c1-6-19-38(20-7-1)55(39-21-8-2-9-22-39)47-34-35-48(56(40-23-10-3-11-24-40)41-25-12-4-13-26-41)54-53(47)45-37-43(33-36-50(45)59-54)57(42-27-14-5-15-28-42)46-30-18-32-51-52(46)44-29-16-17-31-49(44)58-51/h1-37H. The number of rotatable bonds is 9. The molecule has 59 heavy (non-hydrogen) atoms. The van der Waals surface area contributed by atoms with Crippen molar-refractivity contribution in [3.05, 3.63) is 224 Å². The predicted molar refractivity (Wildman–Crippen MR) is 256 cm³/mol. The first-order valence-electron chi connectivity index (χ1n) is 19.9. The fourth-order valence-electron chi connectivity index (χ4n) is 8.45. The van der Waals surface area contributed by atoms with Crippen LogP contribution in [0.3, 0.4) is 0 Å². The third-order valence-corrected chi connectivity index (χ3v) is 13.3. The summed E-state index contributed by atoms with van der Waals surface area (Å²) in [6.45, 7) is 0. The molecule has 0 aliphatic carbocycles. The Morgan fingerprint density at radius 2 is 0.678 bits per heavy atom. The maximum absolute atomic E-state index is 2.44. The van der Waals surface area contributed by atoms with Crippen molar-refractivity contribution in [3.63, 3.8) is 0 Å². The molecule has 0 fully saturated rings. The molecule has 11 rings (SSSR count). The minimum Gasteiger partial charge on any atom is -0.310 e. The summed E-state index contributed by atoms with van der Waals surface area (Å²) in [4.78, 5) is 7.25. The summed E-state index contributed by atoms with van der Waals surface area (Å²) in [6, 6.07) is 80.9. The highest BCUT2D eigenvalue weighted by molar-refractivity contribution is 7.26. The fourth-order valence-corrected chi connectivity index (χ4v) is 10.8. The Labute approximate surface area is 351 Å². The van der Waals surface area contributed by atoms with Gasteiger partial charge in [-0.3, -0.25) is 0 Å². The van der Waals surface area contributed by atoms with Crippen LogP contribution in [0.4, 0.5) is 51.2 Å². The number of nitrogens with zero attached hydrogens (tertiary/aromatic N) is 3. The van der Waals surface area contributed by atoms with Crippen molar-refractivity contribution < 1.29 is 0 Å². The van der Waals surface area contributed by atoms with E-state index >= 15 is 0 Å². The molecule has 0 radical (unpaired) electrons. The van der Waals surface area contributed by atoms with Crippen LogP contribution in [0.15, 0.2) is 224 Å². The number of benzene rings is 9. The van der Waals surface area contributed by atoms with Gasteiger partial charge in [0.1, 0.15) is 0 Å². The van der Waals surface area contributed by atoms with Crippen molar-refractivity contribution >= 4 is 114 Å². The average molecular weight is 792 g/mol. The number of fused-ring (bicyclic) bond motifs is 6. The molecule has 3 nitrogen and oxygen atoms in total. The van der Waals surface area contributed by atoms with Gasteiger partial charge in [-0.05, 0) is 109 Å². The first-order valence-corrected chi connectivity index (χ1v) is 21.5. The number of hydrogen-bond acceptors (Lipinski definition) is 5. The summed E-state index contributed by atoms with van der Waals surface area (Å²) >= 11 is 3.72. The van der Waals surface area contributed by atoms with E-state index in [2.05, 4.69) is 239 Å². The normalized spacial score (nSPS) is 11.4. The van der Waals surface area contributed by atoms with Crippen LogP contribution < -0.4 is 14.7 Å². The summed E-state index contributed by atoms with van der Waals surface area (Å²) in [5.41, 5.74) is 10.1. The molecule has 0 amide bonds. The van der Waals surface area contributed by atoms with E-state index in [1.807, 2.05) is 22.7 Å². The van der Waals surface area contributed by atoms with E-state index in [1.165, 1.54) is 46.0 Å². The van der Waals surface area contributed by atoms with Crippen LogP contribution in [0.1, 0.15) is 0 Å².